The summed E-state index contributed by atoms with van der Waals surface area (Å²) in [6.07, 6.45) is 2.96. The highest BCUT2D eigenvalue weighted by molar-refractivity contribution is 6.31. The zero-order valence-corrected chi connectivity index (χ0v) is 23.4. The van der Waals surface area contributed by atoms with Crippen molar-refractivity contribution in [1.82, 2.24) is 19.7 Å². The van der Waals surface area contributed by atoms with Gasteiger partial charge in [0.05, 0.1) is 23.0 Å². The van der Waals surface area contributed by atoms with Crippen LogP contribution in [-0.2, 0) is 13.1 Å². The van der Waals surface area contributed by atoms with Crippen LogP contribution in [0.15, 0.2) is 48.7 Å². The summed E-state index contributed by atoms with van der Waals surface area (Å²) in [5.41, 5.74) is 7.43. The molecule has 1 amide bonds. The lowest BCUT2D eigenvalue weighted by atomic mass is 10.0. The van der Waals surface area contributed by atoms with E-state index in [1.165, 1.54) is 0 Å². The van der Waals surface area contributed by atoms with E-state index in [0.29, 0.717) is 23.0 Å². The first-order chi connectivity index (χ1) is 17.7. The van der Waals surface area contributed by atoms with Crippen LogP contribution < -0.4 is 5.32 Å². The molecule has 2 aromatic heterocycles. The number of hydrogen-bond acceptors (Lipinski definition) is 4. The highest BCUT2D eigenvalue weighted by atomic mass is 35.5. The van der Waals surface area contributed by atoms with E-state index < -0.39 is 0 Å². The standard InChI is InChI=1S/C30H36ClN5O/c1-7-36-21(5)23(17-33-36)18-35(6)30(37)26-16-29(34-28-11-9-24(31)15-25(26)28)22-8-10-27(20(4)14-22)32-13-12-19(2)3/h8-11,14-17,19,32H,7,12-13,18H2,1-6H3. The van der Waals surface area contributed by atoms with Gasteiger partial charge in [-0.25, -0.2) is 4.98 Å². The molecule has 0 spiro atoms. The summed E-state index contributed by atoms with van der Waals surface area (Å²) >= 11 is 6.33. The van der Waals surface area contributed by atoms with E-state index in [1.54, 1.807) is 4.90 Å². The van der Waals surface area contributed by atoms with Crippen LogP contribution in [0.3, 0.4) is 0 Å². The smallest absolute Gasteiger partial charge is 0.254 e. The van der Waals surface area contributed by atoms with Crippen molar-refractivity contribution in [2.45, 2.75) is 54.1 Å². The molecular weight excluding hydrogens is 482 g/mol. The number of aromatic nitrogens is 3. The van der Waals surface area contributed by atoms with E-state index in [0.717, 1.165) is 64.2 Å². The molecule has 0 radical (unpaired) electrons. The molecule has 2 heterocycles. The number of pyridine rings is 1. The van der Waals surface area contributed by atoms with Gasteiger partial charge in [-0.05, 0) is 75.1 Å². The fourth-order valence-electron chi connectivity index (χ4n) is 4.53. The SMILES string of the molecule is CCn1ncc(CN(C)C(=O)c2cc(-c3ccc(NCCC(C)C)c(C)c3)nc3ccc(Cl)cc23)c1C. The molecule has 0 aliphatic rings. The first-order valence-electron chi connectivity index (χ1n) is 12.9. The van der Waals surface area contributed by atoms with Gasteiger partial charge < -0.3 is 10.2 Å². The van der Waals surface area contributed by atoms with Gasteiger partial charge in [0, 0.05) is 59.6 Å². The van der Waals surface area contributed by atoms with Gasteiger partial charge in [-0.15, -0.1) is 0 Å². The molecule has 194 valence electrons. The normalized spacial score (nSPS) is 11.4. The summed E-state index contributed by atoms with van der Waals surface area (Å²) in [7, 11) is 1.82. The van der Waals surface area contributed by atoms with Crippen LogP contribution >= 0.6 is 11.6 Å². The number of aryl methyl sites for hydroxylation is 2. The summed E-state index contributed by atoms with van der Waals surface area (Å²) in [5.74, 6) is 0.575. The number of carbonyl (C=O) groups excluding carboxylic acids is 1. The summed E-state index contributed by atoms with van der Waals surface area (Å²) in [5, 5.41) is 9.28. The van der Waals surface area contributed by atoms with Crippen LogP contribution in [0.4, 0.5) is 5.69 Å². The Morgan fingerprint density at radius 2 is 1.92 bits per heavy atom. The van der Waals surface area contributed by atoms with E-state index in [4.69, 9.17) is 16.6 Å². The number of nitrogens with zero attached hydrogens (tertiary/aromatic N) is 4. The van der Waals surface area contributed by atoms with E-state index in [2.05, 4.69) is 56.3 Å². The fraction of sp³-hybridized carbons (Fsp3) is 0.367. The Morgan fingerprint density at radius 3 is 2.59 bits per heavy atom. The third-order valence-corrected chi connectivity index (χ3v) is 7.05. The molecule has 0 fully saturated rings. The van der Waals surface area contributed by atoms with Crippen LogP contribution in [-0.4, -0.2) is 39.2 Å². The van der Waals surface area contributed by atoms with Gasteiger partial charge in [0.15, 0.2) is 0 Å². The minimum absolute atomic E-state index is 0.0803. The number of carbonyl (C=O) groups is 1. The van der Waals surface area contributed by atoms with Gasteiger partial charge in [0.2, 0.25) is 0 Å². The molecule has 1 N–H and O–H groups in total. The second-order valence-corrected chi connectivity index (χ2v) is 10.5. The van der Waals surface area contributed by atoms with Gasteiger partial charge in [0.1, 0.15) is 0 Å². The summed E-state index contributed by atoms with van der Waals surface area (Å²) in [6.45, 7) is 12.9. The molecule has 0 saturated heterocycles. The lowest BCUT2D eigenvalue weighted by molar-refractivity contribution is 0.0787. The Hall–Kier alpha value is -3.38. The van der Waals surface area contributed by atoms with E-state index in [1.807, 2.05) is 49.1 Å². The number of anilines is 1. The average Bonchev–Trinajstić information content (AvgIpc) is 3.22. The van der Waals surface area contributed by atoms with Crippen molar-refractivity contribution in [3.63, 3.8) is 0 Å². The Morgan fingerprint density at radius 1 is 1.14 bits per heavy atom. The van der Waals surface area contributed by atoms with Crippen molar-refractivity contribution in [2.24, 2.45) is 5.92 Å². The Bertz CT molecular complexity index is 1430. The summed E-state index contributed by atoms with van der Waals surface area (Å²) in [6, 6.07) is 13.7. The van der Waals surface area contributed by atoms with Gasteiger partial charge in [0.25, 0.3) is 5.91 Å². The predicted molar refractivity (Wildman–Crippen MR) is 153 cm³/mol. The minimum atomic E-state index is -0.0803. The molecule has 4 rings (SSSR count). The molecule has 0 aliphatic carbocycles. The minimum Gasteiger partial charge on any atom is -0.385 e. The van der Waals surface area contributed by atoms with Crippen molar-refractivity contribution < 1.29 is 4.79 Å². The lowest BCUT2D eigenvalue weighted by Gasteiger charge is -2.19. The third-order valence-electron chi connectivity index (χ3n) is 6.82. The van der Waals surface area contributed by atoms with Gasteiger partial charge in [-0.3, -0.25) is 9.48 Å². The molecule has 0 atom stereocenters. The Labute approximate surface area is 224 Å². The number of nitrogens with one attached hydrogen (secondary N) is 1. The largest absolute Gasteiger partial charge is 0.385 e. The van der Waals surface area contributed by atoms with Crippen molar-refractivity contribution in [2.75, 3.05) is 18.9 Å². The maximum absolute atomic E-state index is 13.8. The Kier molecular flexibility index (Phi) is 8.18. The molecule has 0 unspecified atom stereocenters. The van der Waals surface area contributed by atoms with Crippen LogP contribution in [0, 0.1) is 19.8 Å². The number of halogens is 1. The molecule has 4 aromatic rings. The highest BCUT2D eigenvalue weighted by Crippen LogP contribution is 2.30. The van der Waals surface area contributed by atoms with Gasteiger partial charge in [-0.2, -0.15) is 5.10 Å². The average molecular weight is 518 g/mol. The third kappa shape index (κ3) is 5.96. The number of rotatable bonds is 9. The van der Waals surface area contributed by atoms with Crippen LogP contribution in [0.25, 0.3) is 22.2 Å². The topological polar surface area (TPSA) is 63.1 Å². The quantitative estimate of drug-likeness (QED) is 0.257. The van der Waals surface area contributed by atoms with E-state index in [9.17, 15) is 4.79 Å². The van der Waals surface area contributed by atoms with E-state index in [-0.39, 0.29) is 5.91 Å². The lowest BCUT2D eigenvalue weighted by Crippen LogP contribution is -2.26. The van der Waals surface area contributed by atoms with E-state index >= 15 is 0 Å². The molecular formula is C30H36ClN5O. The summed E-state index contributed by atoms with van der Waals surface area (Å²) in [4.78, 5) is 20.4. The Balaban J connectivity index is 1.68. The van der Waals surface area contributed by atoms with Gasteiger partial charge >= 0.3 is 0 Å². The predicted octanol–water partition coefficient (Wildman–Crippen LogP) is 7.12. The number of amides is 1. The molecule has 0 bridgehead atoms. The monoisotopic (exact) mass is 517 g/mol. The van der Waals surface area contributed by atoms with Crippen molar-refractivity contribution in [1.29, 1.82) is 0 Å². The molecule has 37 heavy (non-hydrogen) atoms. The highest BCUT2D eigenvalue weighted by Gasteiger charge is 2.20. The second kappa shape index (κ2) is 11.3. The molecule has 2 aromatic carbocycles. The van der Waals surface area contributed by atoms with Crippen LogP contribution in [0.5, 0.6) is 0 Å². The number of hydrogen-bond donors (Lipinski definition) is 1. The molecule has 0 aliphatic heterocycles. The maximum atomic E-state index is 13.8. The molecule has 7 heteroatoms. The molecule has 0 saturated carbocycles. The second-order valence-electron chi connectivity index (χ2n) is 10.1. The number of benzene rings is 2. The maximum Gasteiger partial charge on any atom is 0.254 e. The fourth-order valence-corrected chi connectivity index (χ4v) is 4.70. The van der Waals surface area contributed by atoms with Crippen molar-refractivity contribution >= 4 is 34.1 Å². The van der Waals surface area contributed by atoms with Gasteiger partial charge in [-0.1, -0.05) is 31.5 Å². The summed E-state index contributed by atoms with van der Waals surface area (Å²) < 4.78 is 1.94. The van der Waals surface area contributed by atoms with Crippen molar-refractivity contribution in [3.8, 4) is 11.3 Å². The molecule has 6 nitrogen and oxygen atoms in total. The van der Waals surface area contributed by atoms with Crippen LogP contribution in [0.2, 0.25) is 5.02 Å². The van der Waals surface area contributed by atoms with Crippen LogP contribution in [0.1, 0.15) is 54.4 Å². The zero-order valence-electron chi connectivity index (χ0n) is 22.6. The number of fused-ring (bicyclic) bond motifs is 1. The zero-order chi connectivity index (χ0) is 26.7. The first-order valence-corrected chi connectivity index (χ1v) is 13.3. The van der Waals surface area contributed by atoms with Crippen molar-refractivity contribution in [3.05, 3.63) is 76.1 Å². The first kappa shape index (κ1) is 26.7.